The summed E-state index contributed by atoms with van der Waals surface area (Å²) < 4.78 is 5.58. The van der Waals surface area contributed by atoms with Gasteiger partial charge in [0.25, 0.3) is 0 Å². The molecule has 1 rings (SSSR count). The van der Waals surface area contributed by atoms with Gasteiger partial charge in [-0.1, -0.05) is 6.07 Å². The molecule has 1 aromatic carbocycles. The van der Waals surface area contributed by atoms with Crippen molar-refractivity contribution in [3.05, 3.63) is 29.3 Å². The Morgan fingerprint density at radius 1 is 1.40 bits per heavy atom. The molecule has 15 heavy (non-hydrogen) atoms. The maximum absolute atomic E-state index is 11.1. The number of rotatable bonds is 4. The average molecular weight is 206 g/mol. The van der Waals surface area contributed by atoms with Gasteiger partial charge in [0.1, 0.15) is 11.5 Å². The van der Waals surface area contributed by atoms with E-state index in [4.69, 9.17) is 4.74 Å². The highest BCUT2D eigenvalue weighted by molar-refractivity contribution is 5.78. The Balaban J connectivity index is 2.89. The molecule has 0 N–H and O–H groups in total. The van der Waals surface area contributed by atoms with Gasteiger partial charge in [0.15, 0.2) is 0 Å². The van der Waals surface area contributed by atoms with Gasteiger partial charge in [0.2, 0.25) is 0 Å². The van der Waals surface area contributed by atoms with Crippen LogP contribution >= 0.6 is 0 Å². The number of benzene rings is 1. The zero-order chi connectivity index (χ0) is 11.4. The molecule has 2 heteroatoms. The molecule has 0 unspecified atom stereocenters. The molecule has 2 nitrogen and oxygen atoms in total. The molecular formula is C13H18O2. The molecule has 0 radical (unpaired) electrons. The fourth-order valence-corrected chi connectivity index (χ4v) is 1.45. The normalized spacial score (nSPS) is 10.5. The predicted molar refractivity (Wildman–Crippen MR) is 61.3 cm³/mol. The second-order valence-corrected chi connectivity index (χ2v) is 4.13. The largest absolute Gasteiger partial charge is 0.491 e. The highest BCUT2D eigenvalue weighted by Crippen LogP contribution is 2.19. The lowest BCUT2D eigenvalue weighted by atomic mass is 10.0. The molecule has 0 saturated heterocycles. The fourth-order valence-electron chi connectivity index (χ4n) is 1.45. The fraction of sp³-hybridized carbons (Fsp3) is 0.462. The molecule has 0 atom stereocenters. The van der Waals surface area contributed by atoms with Gasteiger partial charge < -0.3 is 4.74 Å². The molecule has 0 fully saturated rings. The minimum atomic E-state index is 0.165. The molecule has 0 amide bonds. The molecule has 0 aliphatic rings. The maximum Gasteiger partial charge on any atom is 0.134 e. The van der Waals surface area contributed by atoms with Gasteiger partial charge in [-0.15, -0.1) is 0 Å². The molecule has 0 aliphatic carbocycles. The number of aryl methyl sites for hydroxylation is 1. The van der Waals surface area contributed by atoms with Crippen LogP contribution < -0.4 is 4.74 Å². The molecule has 0 heterocycles. The van der Waals surface area contributed by atoms with Crippen LogP contribution in [0, 0.1) is 6.92 Å². The highest BCUT2D eigenvalue weighted by atomic mass is 16.5. The first-order chi connectivity index (χ1) is 6.99. The Labute approximate surface area is 91.3 Å². The van der Waals surface area contributed by atoms with E-state index in [1.807, 2.05) is 39.0 Å². The van der Waals surface area contributed by atoms with Gasteiger partial charge in [-0.3, -0.25) is 4.79 Å². The summed E-state index contributed by atoms with van der Waals surface area (Å²) in [5.74, 6) is 1.02. The van der Waals surface area contributed by atoms with Crippen molar-refractivity contribution in [2.75, 3.05) is 0 Å². The average Bonchev–Trinajstić information content (AvgIpc) is 2.09. The number of Topliss-reactive ketones (excluding diaryl/α,β-unsaturated/α-hetero) is 1. The molecule has 0 bridgehead atoms. The van der Waals surface area contributed by atoms with Gasteiger partial charge in [0.05, 0.1) is 6.10 Å². The number of ether oxygens (including phenoxy) is 1. The first-order valence-electron chi connectivity index (χ1n) is 5.24. The first-order valence-corrected chi connectivity index (χ1v) is 5.24. The van der Waals surface area contributed by atoms with Gasteiger partial charge in [-0.25, -0.2) is 0 Å². The van der Waals surface area contributed by atoms with Crippen molar-refractivity contribution in [3.63, 3.8) is 0 Å². The van der Waals surface area contributed by atoms with Crippen LogP contribution in [0.25, 0.3) is 0 Å². The molecule has 0 aliphatic heterocycles. The van der Waals surface area contributed by atoms with Crippen LogP contribution in [0.3, 0.4) is 0 Å². The van der Waals surface area contributed by atoms with E-state index in [0.29, 0.717) is 6.42 Å². The second kappa shape index (κ2) is 4.96. The lowest BCUT2D eigenvalue weighted by molar-refractivity contribution is -0.116. The van der Waals surface area contributed by atoms with Crippen molar-refractivity contribution in [1.82, 2.24) is 0 Å². The Morgan fingerprint density at radius 3 is 2.60 bits per heavy atom. The quantitative estimate of drug-likeness (QED) is 0.757. The van der Waals surface area contributed by atoms with Crippen LogP contribution in [0.4, 0.5) is 0 Å². The van der Waals surface area contributed by atoms with Crippen molar-refractivity contribution in [2.45, 2.75) is 40.2 Å². The number of carbonyl (C=O) groups is 1. The van der Waals surface area contributed by atoms with Crippen LogP contribution in [0.5, 0.6) is 5.75 Å². The Kier molecular flexibility index (Phi) is 3.89. The molecule has 82 valence electrons. The van der Waals surface area contributed by atoms with E-state index in [1.165, 1.54) is 0 Å². The summed E-state index contributed by atoms with van der Waals surface area (Å²) in [6.07, 6.45) is 0.652. The number of hydrogen-bond acceptors (Lipinski definition) is 2. The topological polar surface area (TPSA) is 26.3 Å². The first kappa shape index (κ1) is 11.8. The minimum Gasteiger partial charge on any atom is -0.491 e. The van der Waals surface area contributed by atoms with Gasteiger partial charge in [-0.05, 0) is 51.0 Å². The van der Waals surface area contributed by atoms with E-state index in [9.17, 15) is 4.79 Å². The van der Waals surface area contributed by atoms with E-state index in [0.717, 1.165) is 16.9 Å². The molecular weight excluding hydrogens is 188 g/mol. The monoisotopic (exact) mass is 206 g/mol. The van der Waals surface area contributed by atoms with Gasteiger partial charge >= 0.3 is 0 Å². The van der Waals surface area contributed by atoms with Crippen LogP contribution in [0.15, 0.2) is 18.2 Å². The third kappa shape index (κ3) is 3.74. The van der Waals surface area contributed by atoms with E-state index in [-0.39, 0.29) is 11.9 Å². The summed E-state index contributed by atoms with van der Waals surface area (Å²) in [5.41, 5.74) is 2.20. The SMILES string of the molecule is CC(=O)Cc1cc(OC(C)C)ccc1C. The minimum absolute atomic E-state index is 0.165. The molecule has 0 aromatic heterocycles. The van der Waals surface area contributed by atoms with E-state index >= 15 is 0 Å². The van der Waals surface area contributed by atoms with Crippen LogP contribution in [0.1, 0.15) is 31.9 Å². The summed E-state index contributed by atoms with van der Waals surface area (Å²) in [6.45, 7) is 7.60. The summed E-state index contributed by atoms with van der Waals surface area (Å²) in [6, 6.07) is 5.89. The van der Waals surface area contributed by atoms with Crippen molar-refractivity contribution in [3.8, 4) is 5.75 Å². The van der Waals surface area contributed by atoms with Crippen LogP contribution in [-0.2, 0) is 11.2 Å². The third-order valence-electron chi connectivity index (χ3n) is 2.13. The second-order valence-electron chi connectivity index (χ2n) is 4.13. The van der Waals surface area contributed by atoms with Gasteiger partial charge in [0, 0.05) is 6.42 Å². The van der Waals surface area contributed by atoms with E-state index in [1.54, 1.807) is 6.92 Å². The van der Waals surface area contributed by atoms with Crippen molar-refractivity contribution in [2.24, 2.45) is 0 Å². The predicted octanol–water partition coefficient (Wildman–Crippen LogP) is 2.91. The zero-order valence-electron chi connectivity index (χ0n) is 9.83. The molecule has 0 saturated carbocycles. The van der Waals surface area contributed by atoms with E-state index in [2.05, 4.69) is 0 Å². The third-order valence-corrected chi connectivity index (χ3v) is 2.13. The van der Waals surface area contributed by atoms with Crippen molar-refractivity contribution < 1.29 is 9.53 Å². The Morgan fingerprint density at radius 2 is 2.07 bits per heavy atom. The Bertz CT molecular complexity index is 354. The smallest absolute Gasteiger partial charge is 0.134 e. The summed E-state index contributed by atoms with van der Waals surface area (Å²) in [7, 11) is 0. The molecule has 0 spiro atoms. The number of ketones is 1. The lowest BCUT2D eigenvalue weighted by Crippen LogP contribution is -2.06. The Hall–Kier alpha value is -1.31. The number of hydrogen-bond donors (Lipinski definition) is 0. The van der Waals surface area contributed by atoms with Crippen LogP contribution in [0.2, 0.25) is 0 Å². The standard InChI is InChI=1S/C13H18O2/c1-9(2)15-13-6-5-10(3)12(8-13)7-11(4)14/h5-6,8-9H,7H2,1-4H3. The van der Waals surface area contributed by atoms with Crippen LogP contribution in [-0.4, -0.2) is 11.9 Å². The zero-order valence-corrected chi connectivity index (χ0v) is 9.83. The van der Waals surface area contributed by atoms with Gasteiger partial charge in [-0.2, -0.15) is 0 Å². The van der Waals surface area contributed by atoms with Crippen molar-refractivity contribution in [1.29, 1.82) is 0 Å². The summed E-state index contributed by atoms with van der Waals surface area (Å²) in [5, 5.41) is 0. The number of carbonyl (C=O) groups excluding carboxylic acids is 1. The summed E-state index contributed by atoms with van der Waals surface area (Å²) >= 11 is 0. The lowest BCUT2D eigenvalue weighted by Gasteiger charge is -2.12. The van der Waals surface area contributed by atoms with Crippen molar-refractivity contribution >= 4 is 5.78 Å². The maximum atomic E-state index is 11.1. The summed E-state index contributed by atoms with van der Waals surface area (Å²) in [4.78, 5) is 11.1. The highest BCUT2D eigenvalue weighted by Gasteiger charge is 2.05. The molecule has 1 aromatic rings. The van der Waals surface area contributed by atoms with E-state index < -0.39 is 0 Å².